The summed E-state index contributed by atoms with van der Waals surface area (Å²) in [5, 5.41) is 7.42. The Morgan fingerprint density at radius 2 is 2.03 bits per heavy atom. The van der Waals surface area contributed by atoms with Crippen LogP contribution < -0.4 is 10.6 Å². The van der Waals surface area contributed by atoms with Crippen molar-refractivity contribution in [2.75, 3.05) is 53.1 Å². The van der Waals surface area contributed by atoms with Crippen LogP contribution in [0.25, 0.3) is 0 Å². The first-order valence-corrected chi connectivity index (χ1v) is 11.1. The highest BCUT2D eigenvalue weighted by Gasteiger charge is 2.34. The van der Waals surface area contributed by atoms with E-state index in [2.05, 4.69) is 59.7 Å². The molecule has 2 fully saturated rings. The lowest BCUT2D eigenvalue weighted by Gasteiger charge is -2.40. The maximum atomic E-state index is 5.68. The number of nitrogens with zero attached hydrogens (tertiary/aromatic N) is 2. The van der Waals surface area contributed by atoms with Gasteiger partial charge >= 0.3 is 0 Å². The van der Waals surface area contributed by atoms with Gasteiger partial charge in [-0.25, -0.2) is 0 Å². The number of benzene rings is 1. The molecule has 2 aliphatic heterocycles. The maximum absolute atomic E-state index is 5.68. The Hall–Kier alpha value is -0.900. The van der Waals surface area contributed by atoms with E-state index in [1.54, 1.807) is 7.11 Å². The van der Waals surface area contributed by atoms with Gasteiger partial charge in [0.25, 0.3) is 0 Å². The number of nitrogens with one attached hydrogen (secondary N) is 2. The summed E-state index contributed by atoms with van der Waals surface area (Å²) >= 11 is 0. The first-order chi connectivity index (χ1) is 14.2. The van der Waals surface area contributed by atoms with Crippen LogP contribution in [0.15, 0.2) is 35.3 Å². The minimum Gasteiger partial charge on any atom is -0.384 e. The largest absolute Gasteiger partial charge is 0.384 e. The van der Waals surface area contributed by atoms with Gasteiger partial charge in [0.2, 0.25) is 0 Å². The summed E-state index contributed by atoms with van der Waals surface area (Å²) in [6.07, 6.45) is 3.14. The van der Waals surface area contributed by atoms with Crippen LogP contribution in [0.1, 0.15) is 44.7 Å². The molecule has 0 spiro atoms. The van der Waals surface area contributed by atoms with Crippen molar-refractivity contribution in [3.63, 3.8) is 0 Å². The first kappa shape index (κ1) is 25.4. The number of rotatable bonds is 8. The molecule has 30 heavy (non-hydrogen) atoms. The van der Waals surface area contributed by atoms with Gasteiger partial charge in [-0.1, -0.05) is 30.3 Å². The third-order valence-electron chi connectivity index (χ3n) is 6.13. The van der Waals surface area contributed by atoms with Gasteiger partial charge in [-0.05, 0) is 38.7 Å². The predicted molar refractivity (Wildman–Crippen MR) is 134 cm³/mol. The summed E-state index contributed by atoms with van der Waals surface area (Å²) in [6.45, 7) is 10.5. The van der Waals surface area contributed by atoms with Crippen molar-refractivity contribution < 1.29 is 9.47 Å². The summed E-state index contributed by atoms with van der Waals surface area (Å²) in [4.78, 5) is 7.49. The van der Waals surface area contributed by atoms with Crippen LogP contribution >= 0.6 is 24.0 Å². The van der Waals surface area contributed by atoms with Crippen molar-refractivity contribution in [1.29, 1.82) is 0 Å². The number of likely N-dealkylation sites (tertiary alicyclic amines) is 1. The molecule has 0 aromatic heterocycles. The Bertz CT molecular complexity index is 637. The molecule has 170 valence electrons. The Morgan fingerprint density at radius 3 is 2.70 bits per heavy atom. The number of aliphatic imine (C=N–C) groups is 1. The highest BCUT2D eigenvalue weighted by molar-refractivity contribution is 14.0. The average molecular weight is 530 g/mol. The normalized spacial score (nSPS) is 22.4. The molecule has 2 saturated heterocycles. The molecular formula is C23H39IN4O2. The molecule has 7 heteroatoms. The second-order valence-electron chi connectivity index (χ2n) is 8.40. The van der Waals surface area contributed by atoms with E-state index < -0.39 is 0 Å². The van der Waals surface area contributed by atoms with Crippen molar-refractivity contribution >= 4 is 29.9 Å². The van der Waals surface area contributed by atoms with E-state index in [-0.39, 0.29) is 35.6 Å². The van der Waals surface area contributed by atoms with Crippen LogP contribution in [0.5, 0.6) is 0 Å². The molecule has 1 aromatic rings. The van der Waals surface area contributed by atoms with E-state index >= 15 is 0 Å². The van der Waals surface area contributed by atoms with Crippen LogP contribution in [0, 0.1) is 5.92 Å². The summed E-state index contributed by atoms with van der Waals surface area (Å²) in [7, 11) is 1.79. The van der Waals surface area contributed by atoms with Crippen LogP contribution in [-0.2, 0) is 9.47 Å². The number of methoxy groups -OCH3 is 1. The number of guanidine groups is 1. The smallest absolute Gasteiger partial charge is 0.193 e. The van der Waals surface area contributed by atoms with E-state index in [0.29, 0.717) is 5.92 Å². The van der Waals surface area contributed by atoms with Crippen LogP contribution in [0.3, 0.4) is 0 Å². The lowest BCUT2D eigenvalue weighted by molar-refractivity contribution is 0.0373. The Balaban J connectivity index is 0.00000320. The third-order valence-corrected chi connectivity index (χ3v) is 6.13. The molecule has 2 atom stereocenters. The summed E-state index contributed by atoms with van der Waals surface area (Å²) in [5.74, 6) is 1.63. The molecule has 2 N–H and O–H groups in total. The average Bonchev–Trinajstić information content (AvgIpc) is 3.21. The molecule has 2 unspecified atom stereocenters. The minimum atomic E-state index is -0.0279. The van der Waals surface area contributed by atoms with Crippen molar-refractivity contribution in [1.82, 2.24) is 15.5 Å². The van der Waals surface area contributed by atoms with Crippen molar-refractivity contribution in [2.45, 2.75) is 44.7 Å². The third kappa shape index (κ3) is 7.07. The summed E-state index contributed by atoms with van der Waals surface area (Å²) in [5.41, 5.74) is 1.29. The molecule has 2 aliphatic rings. The highest BCUT2D eigenvalue weighted by atomic mass is 127. The molecule has 0 saturated carbocycles. The van der Waals surface area contributed by atoms with Gasteiger partial charge in [0, 0.05) is 57.5 Å². The van der Waals surface area contributed by atoms with E-state index in [4.69, 9.17) is 14.5 Å². The van der Waals surface area contributed by atoms with Gasteiger partial charge in [0.05, 0.1) is 13.2 Å². The molecule has 2 heterocycles. The summed E-state index contributed by atoms with van der Waals surface area (Å²) < 4.78 is 11.0. The van der Waals surface area contributed by atoms with Gasteiger partial charge in [0.15, 0.2) is 5.96 Å². The van der Waals surface area contributed by atoms with Crippen LogP contribution in [0.2, 0.25) is 0 Å². The predicted octanol–water partition coefficient (Wildman–Crippen LogP) is 3.44. The molecule has 0 bridgehead atoms. The zero-order valence-corrected chi connectivity index (χ0v) is 21.1. The number of halogens is 1. The fourth-order valence-corrected chi connectivity index (χ4v) is 4.44. The molecule has 0 radical (unpaired) electrons. The zero-order chi connectivity index (χ0) is 20.5. The van der Waals surface area contributed by atoms with E-state index in [9.17, 15) is 0 Å². The van der Waals surface area contributed by atoms with Crippen LogP contribution in [-0.4, -0.2) is 69.5 Å². The first-order valence-electron chi connectivity index (χ1n) is 11.1. The number of ether oxygens (including phenoxy) is 2. The van der Waals surface area contributed by atoms with Crippen molar-refractivity contribution in [2.24, 2.45) is 10.9 Å². The van der Waals surface area contributed by atoms with Gasteiger partial charge < -0.3 is 25.0 Å². The molecule has 0 aliphatic carbocycles. The summed E-state index contributed by atoms with van der Waals surface area (Å²) in [6, 6.07) is 11.0. The lowest BCUT2D eigenvalue weighted by Crippen LogP contribution is -2.53. The highest BCUT2D eigenvalue weighted by Crippen LogP contribution is 2.26. The van der Waals surface area contributed by atoms with Crippen LogP contribution in [0.4, 0.5) is 0 Å². The zero-order valence-electron chi connectivity index (χ0n) is 18.7. The number of hydrogen-bond acceptors (Lipinski definition) is 4. The van der Waals surface area contributed by atoms with E-state index in [1.807, 2.05) is 0 Å². The second kappa shape index (κ2) is 12.8. The van der Waals surface area contributed by atoms with Crippen molar-refractivity contribution in [3.05, 3.63) is 35.9 Å². The van der Waals surface area contributed by atoms with Gasteiger partial charge in [-0.15, -0.1) is 24.0 Å². The molecule has 1 aromatic carbocycles. The Labute approximate surface area is 199 Å². The Morgan fingerprint density at radius 1 is 1.30 bits per heavy atom. The van der Waals surface area contributed by atoms with Crippen molar-refractivity contribution in [3.8, 4) is 0 Å². The Kier molecular flexibility index (Phi) is 10.8. The number of hydrogen-bond donors (Lipinski definition) is 2. The fraction of sp³-hybridized carbons (Fsp3) is 0.696. The maximum Gasteiger partial charge on any atom is 0.193 e. The minimum absolute atomic E-state index is 0. The van der Waals surface area contributed by atoms with Gasteiger partial charge in [0.1, 0.15) is 0 Å². The van der Waals surface area contributed by atoms with E-state index in [1.165, 1.54) is 12.0 Å². The monoisotopic (exact) mass is 530 g/mol. The molecule has 3 rings (SSSR count). The quantitative estimate of drug-likeness (QED) is 0.307. The lowest BCUT2D eigenvalue weighted by atomic mass is 9.88. The molecule has 6 nitrogen and oxygen atoms in total. The fourth-order valence-electron chi connectivity index (χ4n) is 4.44. The van der Waals surface area contributed by atoms with Gasteiger partial charge in [-0.2, -0.15) is 0 Å². The topological polar surface area (TPSA) is 58.1 Å². The second-order valence-corrected chi connectivity index (χ2v) is 8.40. The van der Waals surface area contributed by atoms with E-state index in [0.717, 1.165) is 64.8 Å². The molecule has 0 amide bonds. The SMILES string of the molecule is CCNC(=NCC1(NC(C)c2ccccc2)CCOCC1)N1CCC(COC)C1.I. The molecular weight excluding hydrogens is 491 g/mol. The standard InChI is InChI=1S/C23H38N4O2.HI/c1-4-24-22(27-13-10-20(16-27)17-28-3)25-18-23(11-14-29-15-12-23)26-19(2)21-8-6-5-7-9-21;/h5-9,19-20,26H,4,10-18H2,1-3H3,(H,24,25);1H. The van der Waals surface area contributed by atoms with Gasteiger partial charge in [-0.3, -0.25) is 4.99 Å².